The van der Waals surface area contributed by atoms with Crippen molar-refractivity contribution in [1.29, 1.82) is 0 Å². The fraction of sp³-hybridized carbons (Fsp3) is 0.522. The third-order valence-electron chi connectivity index (χ3n) is 6.60. The molecule has 0 unspecified atom stereocenters. The second kappa shape index (κ2) is 8.33. The van der Waals surface area contributed by atoms with E-state index in [4.69, 9.17) is 0 Å². The summed E-state index contributed by atoms with van der Waals surface area (Å²) in [6.07, 6.45) is 2.96. The molecule has 176 valence electrons. The van der Waals surface area contributed by atoms with Gasteiger partial charge >= 0.3 is 0 Å². The highest BCUT2D eigenvalue weighted by Crippen LogP contribution is 2.38. The maximum Gasteiger partial charge on any atom is 0.229 e. The van der Waals surface area contributed by atoms with Gasteiger partial charge in [-0.05, 0) is 88.7 Å². The summed E-state index contributed by atoms with van der Waals surface area (Å²) < 4.78 is 16.2. The van der Waals surface area contributed by atoms with Crippen LogP contribution in [0.2, 0.25) is 0 Å². The summed E-state index contributed by atoms with van der Waals surface area (Å²) in [5, 5.41) is 18.2. The van der Waals surface area contributed by atoms with Gasteiger partial charge in [-0.2, -0.15) is 4.98 Å². The molecule has 0 radical (unpaired) electrons. The highest BCUT2D eigenvalue weighted by molar-refractivity contribution is 5.67. The van der Waals surface area contributed by atoms with Crippen molar-refractivity contribution in [2.45, 2.75) is 64.6 Å². The normalized spacial score (nSPS) is 18.3. The van der Waals surface area contributed by atoms with Crippen LogP contribution >= 0.6 is 0 Å². The topological polar surface area (TPSA) is 96.7 Å². The number of hydrogen-bond donors (Lipinski definition) is 2. The molecule has 9 nitrogen and oxygen atoms in total. The van der Waals surface area contributed by atoms with Crippen LogP contribution in [0.3, 0.4) is 0 Å². The summed E-state index contributed by atoms with van der Waals surface area (Å²) >= 11 is 0. The summed E-state index contributed by atoms with van der Waals surface area (Å²) in [5.41, 5.74) is 2.62. The van der Waals surface area contributed by atoms with Gasteiger partial charge in [0, 0.05) is 35.4 Å². The second-order valence-electron chi connectivity index (χ2n) is 10.2. The van der Waals surface area contributed by atoms with Gasteiger partial charge in [0.1, 0.15) is 0 Å². The van der Waals surface area contributed by atoms with Gasteiger partial charge < -0.3 is 10.6 Å². The summed E-state index contributed by atoms with van der Waals surface area (Å²) in [6, 6.07) is 5.98. The van der Waals surface area contributed by atoms with Crippen molar-refractivity contribution in [2.75, 3.05) is 17.7 Å². The quantitative estimate of drug-likeness (QED) is 0.600. The number of tetrazole rings is 1. The Balaban J connectivity index is 1.56. The molecule has 0 bridgehead atoms. The Bertz CT molecular complexity index is 1140. The maximum atomic E-state index is 14.6. The molecule has 1 saturated heterocycles. The van der Waals surface area contributed by atoms with Gasteiger partial charge in [0.25, 0.3) is 0 Å². The molecule has 33 heavy (non-hydrogen) atoms. The molecule has 0 atom stereocenters. The molecular weight excluding hydrogens is 421 g/mol. The Labute approximate surface area is 193 Å². The number of halogens is 1. The zero-order valence-corrected chi connectivity index (χ0v) is 20.3. The van der Waals surface area contributed by atoms with Gasteiger partial charge in [-0.1, -0.05) is 0 Å². The molecule has 0 aliphatic carbocycles. The van der Waals surface area contributed by atoms with Crippen LogP contribution in [0.15, 0.2) is 24.4 Å². The molecule has 4 rings (SSSR count). The van der Waals surface area contributed by atoms with Crippen molar-refractivity contribution >= 4 is 17.5 Å². The van der Waals surface area contributed by atoms with Crippen molar-refractivity contribution in [3.05, 3.63) is 35.8 Å². The molecule has 1 aromatic carbocycles. The Hall–Kier alpha value is -3.14. The van der Waals surface area contributed by atoms with Crippen LogP contribution in [-0.2, 0) is 7.05 Å². The molecule has 0 saturated carbocycles. The van der Waals surface area contributed by atoms with Crippen LogP contribution in [0.5, 0.6) is 0 Å². The third kappa shape index (κ3) is 4.80. The molecule has 3 aromatic rings. The van der Waals surface area contributed by atoms with Gasteiger partial charge in [0.05, 0.1) is 6.20 Å². The smallest absolute Gasteiger partial charge is 0.229 e. The molecular formula is C23H32FN9. The highest BCUT2D eigenvalue weighted by Gasteiger charge is 2.43. The molecule has 1 aliphatic heterocycles. The first-order chi connectivity index (χ1) is 15.4. The van der Waals surface area contributed by atoms with E-state index in [0.29, 0.717) is 11.8 Å². The Morgan fingerprint density at radius 1 is 1.06 bits per heavy atom. The fourth-order valence-electron chi connectivity index (χ4n) is 4.78. The van der Waals surface area contributed by atoms with Crippen LogP contribution in [0.1, 0.15) is 46.1 Å². The SMILES string of the molecule is Cc1cc(Nc2ncc(F)c(NC3CC(C)(C)N(C)C(C)(C)C3)n2)cc(-c2nnnn2C)c1. The van der Waals surface area contributed by atoms with Crippen molar-refractivity contribution in [2.24, 2.45) is 7.05 Å². The molecule has 1 fully saturated rings. The molecule has 3 heterocycles. The van der Waals surface area contributed by atoms with E-state index in [2.05, 4.69) is 75.8 Å². The Kier molecular flexibility index (Phi) is 5.81. The minimum Gasteiger partial charge on any atom is -0.365 e. The zero-order chi connectivity index (χ0) is 24.0. The largest absolute Gasteiger partial charge is 0.365 e. The van der Waals surface area contributed by atoms with Crippen LogP contribution in [0.4, 0.5) is 21.8 Å². The minimum atomic E-state index is -0.467. The van der Waals surface area contributed by atoms with Crippen LogP contribution in [0, 0.1) is 12.7 Å². The van der Waals surface area contributed by atoms with Crippen molar-refractivity contribution in [3.8, 4) is 11.4 Å². The fourth-order valence-corrected chi connectivity index (χ4v) is 4.78. The first-order valence-corrected chi connectivity index (χ1v) is 11.1. The first kappa shape index (κ1) is 23.0. The second-order valence-corrected chi connectivity index (χ2v) is 10.2. The van der Waals surface area contributed by atoms with E-state index in [9.17, 15) is 4.39 Å². The van der Waals surface area contributed by atoms with E-state index in [1.54, 1.807) is 11.7 Å². The number of aromatic nitrogens is 6. The molecule has 2 aromatic heterocycles. The predicted molar refractivity (Wildman–Crippen MR) is 127 cm³/mol. The minimum absolute atomic E-state index is 0.0172. The van der Waals surface area contributed by atoms with Gasteiger partial charge in [-0.3, -0.25) is 4.90 Å². The Morgan fingerprint density at radius 3 is 2.39 bits per heavy atom. The number of hydrogen-bond acceptors (Lipinski definition) is 8. The standard InChI is InChI=1S/C23H32FN9/c1-14-8-15(20-29-30-31-32(20)6)10-16(9-14)27-21-25-13-18(24)19(28-21)26-17-11-22(2,3)33(7)23(4,5)12-17/h8-10,13,17H,11-12H2,1-7H3,(H2,25,26,27,28). The molecule has 0 amide bonds. The lowest BCUT2D eigenvalue weighted by molar-refractivity contribution is -0.00778. The third-order valence-corrected chi connectivity index (χ3v) is 6.60. The summed E-state index contributed by atoms with van der Waals surface area (Å²) in [6.45, 7) is 10.9. The van der Waals surface area contributed by atoms with E-state index in [-0.39, 0.29) is 22.9 Å². The molecule has 10 heteroatoms. The number of benzene rings is 1. The van der Waals surface area contributed by atoms with E-state index in [1.165, 1.54) is 6.20 Å². The maximum absolute atomic E-state index is 14.6. The first-order valence-electron chi connectivity index (χ1n) is 11.1. The van der Waals surface area contributed by atoms with Gasteiger partial charge in [0.2, 0.25) is 5.95 Å². The lowest BCUT2D eigenvalue weighted by Crippen LogP contribution is -2.61. The van der Waals surface area contributed by atoms with E-state index < -0.39 is 5.82 Å². The predicted octanol–water partition coefficient (Wildman–Crippen LogP) is 3.92. The monoisotopic (exact) mass is 453 g/mol. The lowest BCUT2D eigenvalue weighted by Gasteiger charge is -2.53. The number of nitrogens with zero attached hydrogens (tertiary/aromatic N) is 7. The van der Waals surface area contributed by atoms with Crippen molar-refractivity contribution in [1.82, 2.24) is 35.1 Å². The molecule has 0 spiro atoms. The van der Waals surface area contributed by atoms with Crippen LogP contribution in [-0.4, -0.2) is 59.2 Å². The highest BCUT2D eigenvalue weighted by atomic mass is 19.1. The van der Waals surface area contributed by atoms with Gasteiger partial charge in [0.15, 0.2) is 17.5 Å². The number of piperidine rings is 1. The van der Waals surface area contributed by atoms with Gasteiger partial charge in [-0.25, -0.2) is 14.1 Å². The average molecular weight is 454 g/mol. The average Bonchev–Trinajstić information content (AvgIpc) is 3.14. The number of likely N-dealkylation sites (tertiary alicyclic amines) is 1. The molecule has 1 aliphatic rings. The number of nitrogens with one attached hydrogen (secondary N) is 2. The van der Waals surface area contributed by atoms with E-state index in [1.807, 2.05) is 25.1 Å². The van der Waals surface area contributed by atoms with Crippen molar-refractivity contribution in [3.63, 3.8) is 0 Å². The summed E-state index contributed by atoms with van der Waals surface area (Å²) in [4.78, 5) is 11.0. The number of aryl methyl sites for hydroxylation is 2. The van der Waals surface area contributed by atoms with Crippen molar-refractivity contribution < 1.29 is 4.39 Å². The summed E-state index contributed by atoms with van der Waals surface area (Å²) in [7, 11) is 3.94. The van der Waals surface area contributed by atoms with E-state index in [0.717, 1.165) is 29.7 Å². The Morgan fingerprint density at radius 2 is 1.76 bits per heavy atom. The van der Waals surface area contributed by atoms with Crippen LogP contribution in [0.25, 0.3) is 11.4 Å². The number of anilines is 3. The molecule has 2 N–H and O–H groups in total. The lowest BCUT2D eigenvalue weighted by atomic mass is 9.77. The van der Waals surface area contributed by atoms with E-state index >= 15 is 0 Å². The van der Waals surface area contributed by atoms with Crippen LogP contribution < -0.4 is 10.6 Å². The summed E-state index contributed by atoms with van der Waals surface area (Å²) in [5.74, 6) is 0.707. The number of rotatable bonds is 5. The zero-order valence-electron chi connectivity index (χ0n) is 20.3. The van der Waals surface area contributed by atoms with Gasteiger partial charge in [-0.15, -0.1) is 5.10 Å².